The van der Waals surface area contributed by atoms with Crippen LogP contribution >= 0.6 is 11.6 Å². The zero-order valence-electron chi connectivity index (χ0n) is 10.8. The van der Waals surface area contributed by atoms with Gasteiger partial charge in [0.2, 0.25) is 0 Å². The Morgan fingerprint density at radius 1 is 1.50 bits per heavy atom. The molecule has 1 aliphatic carbocycles. The minimum absolute atomic E-state index is 0.0551. The van der Waals surface area contributed by atoms with Crippen molar-refractivity contribution < 1.29 is 14.8 Å². The van der Waals surface area contributed by atoms with Gasteiger partial charge in [-0.1, -0.05) is 17.7 Å². The number of nitro groups is 1. The van der Waals surface area contributed by atoms with Crippen LogP contribution in [0.15, 0.2) is 18.2 Å². The lowest BCUT2D eigenvalue weighted by atomic mass is 10.0. The highest BCUT2D eigenvalue weighted by molar-refractivity contribution is 6.34. The Morgan fingerprint density at radius 2 is 2.20 bits per heavy atom. The van der Waals surface area contributed by atoms with Crippen molar-refractivity contribution in [1.29, 1.82) is 0 Å². The predicted octanol–water partition coefficient (Wildman–Crippen LogP) is 2.14. The van der Waals surface area contributed by atoms with Crippen LogP contribution in [0.3, 0.4) is 0 Å². The van der Waals surface area contributed by atoms with E-state index in [-0.39, 0.29) is 28.3 Å². The molecule has 0 unspecified atom stereocenters. The minimum atomic E-state index is -0.624. The van der Waals surface area contributed by atoms with Crippen molar-refractivity contribution in [2.45, 2.75) is 19.3 Å². The highest BCUT2D eigenvalue weighted by atomic mass is 35.5. The monoisotopic (exact) mass is 298 g/mol. The highest BCUT2D eigenvalue weighted by Crippen LogP contribution is 2.48. The van der Waals surface area contributed by atoms with Gasteiger partial charge < -0.3 is 10.4 Å². The molecule has 1 aromatic carbocycles. The summed E-state index contributed by atoms with van der Waals surface area (Å²) in [5.74, 6) is -0.550. The summed E-state index contributed by atoms with van der Waals surface area (Å²) in [7, 11) is 0. The second-order valence-corrected chi connectivity index (χ2v) is 5.45. The first kappa shape index (κ1) is 14.7. The highest BCUT2D eigenvalue weighted by Gasteiger charge is 2.42. The molecule has 0 atom stereocenters. The molecule has 0 saturated heterocycles. The van der Waals surface area contributed by atoms with E-state index in [4.69, 9.17) is 16.7 Å². The molecule has 7 heteroatoms. The number of carbonyl (C=O) groups is 1. The van der Waals surface area contributed by atoms with Gasteiger partial charge in [-0.3, -0.25) is 14.9 Å². The third kappa shape index (κ3) is 3.08. The van der Waals surface area contributed by atoms with E-state index < -0.39 is 10.8 Å². The molecule has 0 bridgehead atoms. The number of rotatable bonds is 6. The van der Waals surface area contributed by atoms with Gasteiger partial charge in [0.15, 0.2) is 0 Å². The smallest absolute Gasteiger partial charge is 0.283 e. The van der Waals surface area contributed by atoms with Crippen LogP contribution in [-0.2, 0) is 0 Å². The molecule has 1 amide bonds. The molecule has 20 heavy (non-hydrogen) atoms. The van der Waals surface area contributed by atoms with Gasteiger partial charge in [0, 0.05) is 19.2 Å². The maximum Gasteiger partial charge on any atom is 0.283 e. The number of nitro benzene ring substituents is 1. The molecule has 0 radical (unpaired) electrons. The van der Waals surface area contributed by atoms with Crippen molar-refractivity contribution in [3.8, 4) is 0 Å². The number of nitrogens with zero attached hydrogens (tertiary/aromatic N) is 1. The number of aliphatic hydroxyl groups excluding tert-OH is 1. The van der Waals surface area contributed by atoms with Crippen LogP contribution in [0.2, 0.25) is 5.02 Å². The van der Waals surface area contributed by atoms with Crippen LogP contribution in [0, 0.1) is 15.5 Å². The van der Waals surface area contributed by atoms with Gasteiger partial charge in [0.05, 0.1) is 9.95 Å². The Hall–Kier alpha value is -1.66. The Morgan fingerprint density at radius 3 is 2.75 bits per heavy atom. The van der Waals surface area contributed by atoms with Crippen molar-refractivity contribution in [1.82, 2.24) is 5.32 Å². The van der Waals surface area contributed by atoms with E-state index in [0.717, 1.165) is 12.8 Å². The van der Waals surface area contributed by atoms with Gasteiger partial charge in [-0.2, -0.15) is 0 Å². The molecular weight excluding hydrogens is 284 g/mol. The molecule has 2 rings (SSSR count). The van der Waals surface area contributed by atoms with E-state index >= 15 is 0 Å². The van der Waals surface area contributed by atoms with E-state index in [9.17, 15) is 14.9 Å². The molecule has 6 nitrogen and oxygen atoms in total. The average Bonchev–Trinajstić information content (AvgIpc) is 3.16. The van der Waals surface area contributed by atoms with Crippen LogP contribution in [0.1, 0.15) is 29.6 Å². The number of nitrogens with one attached hydrogen (secondary N) is 1. The molecular formula is C13H15ClN2O4. The average molecular weight is 299 g/mol. The van der Waals surface area contributed by atoms with E-state index in [1.54, 1.807) is 0 Å². The molecule has 1 aromatic rings. The van der Waals surface area contributed by atoms with Gasteiger partial charge in [-0.05, 0) is 30.7 Å². The van der Waals surface area contributed by atoms with E-state index in [0.29, 0.717) is 13.0 Å². The largest absolute Gasteiger partial charge is 0.396 e. The Labute approximate surface area is 120 Å². The molecule has 108 valence electrons. The lowest BCUT2D eigenvalue weighted by Crippen LogP contribution is -2.31. The van der Waals surface area contributed by atoms with Crippen LogP contribution in [0.25, 0.3) is 0 Å². The first-order valence-electron chi connectivity index (χ1n) is 6.31. The van der Waals surface area contributed by atoms with E-state index in [1.807, 2.05) is 0 Å². The topological polar surface area (TPSA) is 92.5 Å². The molecule has 1 fully saturated rings. The quantitative estimate of drug-likeness (QED) is 0.621. The zero-order valence-corrected chi connectivity index (χ0v) is 11.5. The number of carbonyl (C=O) groups excluding carboxylic acids is 1. The fraction of sp³-hybridized carbons (Fsp3) is 0.462. The predicted molar refractivity (Wildman–Crippen MR) is 73.8 cm³/mol. The van der Waals surface area contributed by atoms with E-state index in [1.165, 1.54) is 18.2 Å². The number of aliphatic hydroxyl groups is 1. The summed E-state index contributed by atoms with van der Waals surface area (Å²) in [5.41, 5.74) is -0.471. The molecule has 1 aliphatic rings. The number of benzene rings is 1. The van der Waals surface area contributed by atoms with Crippen molar-refractivity contribution in [2.24, 2.45) is 5.41 Å². The third-order valence-electron chi connectivity index (χ3n) is 3.64. The van der Waals surface area contributed by atoms with Gasteiger partial charge in [0.1, 0.15) is 5.56 Å². The summed E-state index contributed by atoms with van der Waals surface area (Å²) < 4.78 is 0. The maximum absolute atomic E-state index is 12.1. The SMILES string of the molecule is O=C(NCC1(CCO)CC1)c1c(Cl)cccc1[N+](=O)[O-]. The fourth-order valence-electron chi connectivity index (χ4n) is 2.17. The maximum atomic E-state index is 12.1. The molecule has 0 spiro atoms. The summed E-state index contributed by atoms with van der Waals surface area (Å²) >= 11 is 5.89. The number of halogens is 1. The molecule has 0 aromatic heterocycles. The Kier molecular flexibility index (Phi) is 4.25. The van der Waals surface area contributed by atoms with Crippen LogP contribution in [-0.4, -0.2) is 29.1 Å². The molecule has 2 N–H and O–H groups in total. The second kappa shape index (κ2) is 5.76. The molecule has 0 heterocycles. The van der Waals surface area contributed by atoms with Gasteiger partial charge in [-0.25, -0.2) is 0 Å². The fourth-order valence-corrected chi connectivity index (χ4v) is 2.43. The summed E-state index contributed by atoms with van der Waals surface area (Å²) in [6.07, 6.45) is 2.51. The molecule has 0 aliphatic heterocycles. The molecule has 1 saturated carbocycles. The van der Waals surface area contributed by atoms with Crippen LogP contribution < -0.4 is 5.32 Å². The van der Waals surface area contributed by atoms with Crippen molar-refractivity contribution >= 4 is 23.2 Å². The van der Waals surface area contributed by atoms with Gasteiger partial charge >= 0.3 is 0 Å². The number of hydrogen-bond acceptors (Lipinski definition) is 4. The normalized spacial score (nSPS) is 15.7. The van der Waals surface area contributed by atoms with Crippen LogP contribution in [0.5, 0.6) is 0 Å². The first-order valence-corrected chi connectivity index (χ1v) is 6.69. The number of hydrogen-bond donors (Lipinski definition) is 2. The van der Waals surface area contributed by atoms with Crippen molar-refractivity contribution in [3.05, 3.63) is 38.9 Å². The summed E-state index contributed by atoms with van der Waals surface area (Å²) in [6.45, 7) is 0.469. The van der Waals surface area contributed by atoms with E-state index in [2.05, 4.69) is 5.32 Å². The zero-order chi connectivity index (χ0) is 14.8. The number of amides is 1. The Bertz CT molecular complexity index is 543. The van der Waals surface area contributed by atoms with Crippen molar-refractivity contribution in [3.63, 3.8) is 0 Å². The Balaban J connectivity index is 2.12. The summed E-state index contributed by atoms with van der Waals surface area (Å²) in [5, 5.41) is 22.6. The minimum Gasteiger partial charge on any atom is -0.396 e. The standard InChI is InChI=1S/C13H15ClN2O4/c14-9-2-1-3-10(16(19)20)11(9)12(18)15-8-13(4-5-13)6-7-17/h1-3,17H,4-8H2,(H,15,18). The van der Waals surface area contributed by atoms with Gasteiger partial charge in [-0.15, -0.1) is 0 Å². The van der Waals surface area contributed by atoms with Crippen molar-refractivity contribution in [2.75, 3.05) is 13.2 Å². The lowest BCUT2D eigenvalue weighted by Gasteiger charge is -2.14. The lowest BCUT2D eigenvalue weighted by molar-refractivity contribution is -0.385. The van der Waals surface area contributed by atoms with Crippen LogP contribution in [0.4, 0.5) is 5.69 Å². The summed E-state index contributed by atoms with van der Waals surface area (Å²) in [6, 6.07) is 4.14. The van der Waals surface area contributed by atoms with Gasteiger partial charge in [0.25, 0.3) is 11.6 Å². The first-order chi connectivity index (χ1) is 9.49. The summed E-state index contributed by atoms with van der Waals surface area (Å²) in [4.78, 5) is 22.4. The second-order valence-electron chi connectivity index (χ2n) is 5.05. The third-order valence-corrected chi connectivity index (χ3v) is 3.95.